The Hall–Kier alpha value is -0.370. The summed E-state index contributed by atoms with van der Waals surface area (Å²) in [7, 11) is 1.32. The van der Waals surface area contributed by atoms with Crippen LogP contribution >= 0.6 is 22.6 Å². The van der Waals surface area contributed by atoms with Gasteiger partial charge in [-0.3, -0.25) is 14.9 Å². The standard InChI is InChI=1S/C10H17IN2O3/c1-16-10(15)5-4-9(14)13-8-3-2-7(11)6-12-8/h7-8,12H,2-6H2,1H3,(H,13,14). The van der Waals surface area contributed by atoms with Gasteiger partial charge < -0.3 is 10.1 Å². The van der Waals surface area contributed by atoms with Crippen LogP contribution in [0.2, 0.25) is 0 Å². The summed E-state index contributed by atoms with van der Waals surface area (Å²) in [6.45, 7) is 0.919. The van der Waals surface area contributed by atoms with Crippen molar-refractivity contribution in [2.24, 2.45) is 0 Å². The molecule has 0 aliphatic carbocycles. The number of ether oxygens (including phenoxy) is 1. The first-order valence-corrected chi connectivity index (χ1v) is 6.60. The molecule has 2 unspecified atom stereocenters. The van der Waals surface area contributed by atoms with Crippen molar-refractivity contribution in [2.45, 2.75) is 35.8 Å². The average Bonchev–Trinajstić information content (AvgIpc) is 2.29. The minimum atomic E-state index is -0.348. The molecule has 1 amide bonds. The molecule has 1 fully saturated rings. The number of carbonyl (C=O) groups excluding carboxylic acids is 2. The Kier molecular flexibility index (Phi) is 6.04. The minimum Gasteiger partial charge on any atom is -0.469 e. The van der Waals surface area contributed by atoms with Gasteiger partial charge in [0.2, 0.25) is 5.91 Å². The quantitative estimate of drug-likeness (QED) is 0.446. The zero-order chi connectivity index (χ0) is 12.0. The summed E-state index contributed by atoms with van der Waals surface area (Å²) in [5.41, 5.74) is 0. The monoisotopic (exact) mass is 340 g/mol. The second-order valence-electron chi connectivity index (χ2n) is 3.78. The molecule has 0 aromatic rings. The maximum absolute atomic E-state index is 11.5. The van der Waals surface area contributed by atoms with Crippen LogP contribution in [-0.4, -0.2) is 35.6 Å². The van der Waals surface area contributed by atoms with Crippen LogP contribution in [0.1, 0.15) is 25.7 Å². The molecule has 0 spiro atoms. The molecule has 1 rings (SSSR count). The number of carbonyl (C=O) groups is 2. The van der Waals surface area contributed by atoms with Crippen LogP contribution in [0.15, 0.2) is 0 Å². The van der Waals surface area contributed by atoms with Gasteiger partial charge in [-0.1, -0.05) is 22.6 Å². The lowest BCUT2D eigenvalue weighted by Gasteiger charge is -2.27. The van der Waals surface area contributed by atoms with E-state index in [1.807, 2.05) is 0 Å². The number of amides is 1. The number of piperidine rings is 1. The molecule has 16 heavy (non-hydrogen) atoms. The zero-order valence-corrected chi connectivity index (χ0v) is 11.5. The van der Waals surface area contributed by atoms with Crippen molar-refractivity contribution < 1.29 is 14.3 Å². The Morgan fingerprint density at radius 3 is 2.75 bits per heavy atom. The molecule has 1 heterocycles. The smallest absolute Gasteiger partial charge is 0.306 e. The van der Waals surface area contributed by atoms with E-state index in [1.165, 1.54) is 7.11 Å². The second kappa shape index (κ2) is 7.05. The van der Waals surface area contributed by atoms with E-state index in [0.717, 1.165) is 19.4 Å². The number of hydrogen-bond acceptors (Lipinski definition) is 4. The number of hydrogen-bond donors (Lipinski definition) is 2. The molecule has 0 aromatic carbocycles. The third-order valence-corrected chi connectivity index (χ3v) is 3.54. The van der Waals surface area contributed by atoms with Crippen LogP contribution in [0.3, 0.4) is 0 Å². The van der Waals surface area contributed by atoms with E-state index in [0.29, 0.717) is 3.92 Å². The Morgan fingerprint density at radius 1 is 1.44 bits per heavy atom. The highest BCUT2D eigenvalue weighted by molar-refractivity contribution is 14.1. The molecule has 6 heteroatoms. The predicted octanol–water partition coefficient (Wildman–Crippen LogP) is 0.569. The molecule has 5 nitrogen and oxygen atoms in total. The van der Waals surface area contributed by atoms with Gasteiger partial charge in [0.15, 0.2) is 0 Å². The maximum atomic E-state index is 11.5. The lowest BCUT2D eigenvalue weighted by molar-refractivity contribution is -0.142. The van der Waals surface area contributed by atoms with Crippen LogP contribution in [-0.2, 0) is 14.3 Å². The maximum Gasteiger partial charge on any atom is 0.306 e. The topological polar surface area (TPSA) is 67.4 Å². The summed E-state index contributed by atoms with van der Waals surface area (Å²) in [6.07, 6.45) is 2.44. The van der Waals surface area contributed by atoms with E-state index < -0.39 is 0 Å². The number of rotatable bonds is 4. The van der Waals surface area contributed by atoms with Crippen molar-refractivity contribution in [1.82, 2.24) is 10.6 Å². The summed E-state index contributed by atoms with van der Waals surface area (Å²) < 4.78 is 5.11. The predicted molar refractivity (Wildman–Crippen MR) is 68.2 cm³/mol. The molecule has 1 aliphatic heterocycles. The van der Waals surface area contributed by atoms with Crippen molar-refractivity contribution in [1.29, 1.82) is 0 Å². The SMILES string of the molecule is COC(=O)CCC(=O)NC1CCC(I)CN1. The first kappa shape index (κ1) is 13.7. The molecule has 0 aromatic heterocycles. The highest BCUT2D eigenvalue weighted by Gasteiger charge is 2.19. The van der Waals surface area contributed by atoms with Crippen molar-refractivity contribution >= 4 is 34.5 Å². The number of nitrogens with one attached hydrogen (secondary N) is 2. The van der Waals surface area contributed by atoms with Gasteiger partial charge in [0, 0.05) is 16.9 Å². The fraction of sp³-hybridized carbons (Fsp3) is 0.800. The van der Waals surface area contributed by atoms with Gasteiger partial charge in [0.25, 0.3) is 0 Å². The van der Waals surface area contributed by atoms with Gasteiger partial charge >= 0.3 is 5.97 Å². The van der Waals surface area contributed by atoms with E-state index in [9.17, 15) is 9.59 Å². The third-order valence-electron chi connectivity index (χ3n) is 2.47. The molecule has 92 valence electrons. The van der Waals surface area contributed by atoms with Crippen molar-refractivity contribution in [3.8, 4) is 0 Å². The fourth-order valence-corrected chi connectivity index (χ4v) is 2.14. The van der Waals surface area contributed by atoms with E-state index in [1.54, 1.807) is 0 Å². The van der Waals surface area contributed by atoms with Crippen LogP contribution in [0.4, 0.5) is 0 Å². The number of methoxy groups -OCH3 is 1. The summed E-state index contributed by atoms with van der Waals surface area (Å²) in [5.74, 6) is -0.450. The van der Waals surface area contributed by atoms with Crippen molar-refractivity contribution in [3.63, 3.8) is 0 Å². The van der Waals surface area contributed by atoms with Gasteiger partial charge in [0.05, 0.1) is 19.7 Å². The summed E-state index contributed by atoms with van der Waals surface area (Å²) >= 11 is 2.39. The first-order valence-electron chi connectivity index (χ1n) is 5.35. The molecular weight excluding hydrogens is 323 g/mol. The Bertz CT molecular complexity index is 252. The molecule has 0 radical (unpaired) electrons. The summed E-state index contributed by atoms with van der Waals surface area (Å²) in [6, 6.07) is 0. The second-order valence-corrected chi connectivity index (χ2v) is 5.54. The molecule has 0 saturated carbocycles. The third kappa shape index (κ3) is 5.11. The van der Waals surface area contributed by atoms with Crippen molar-refractivity contribution in [3.05, 3.63) is 0 Å². The molecule has 2 N–H and O–H groups in total. The summed E-state index contributed by atoms with van der Waals surface area (Å²) in [4.78, 5) is 22.3. The van der Waals surface area contributed by atoms with Gasteiger partial charge in [-0.15, -0.1) is 0 Å². The Balaban J connectivity index is 2.16. The highest BCUT2D eigenvalue weighted by Crippen LogP contribution is 2.13. The number of alkyl halides is 1. The van der Waals surface area contributed by atoms with Crippen LogP contribution in [0.5, 0.6) is 0 Å². The van der Waals surface area contributed by atoms with E-state index >= 15 is 0 Å². The number of halogens is 1. The molecule has 2 atom stereocenters. The zero-order valence-electron chi connectivity index (χ0n) is 9.29. The molecule has 1 aliphatic rings. The Morgan fingerprint density at radius 2 is 2.19 bits per heavy atom. The van der Waals surface area contributed by atoms with Crippen molar-refractivity contribution in [2.75, 3.05) is 13.7 Å². The van der Waals surface area contributed by atoms with Crippen LogP contribution in [0.25, 0.3) is 0 Å². The normalized spacial score (nSPS) is 24.9. The highest BCUT2D eigenvalue weighted by atomic mass is 127. The van der Waals surface area contributed by atoms with Gasteiger partial charge in [-0.25, -0.2) is 0 Å². The lowest BCUT2D eigenvalue weighted by atomic mass is 10.1. The molecule has 1 saturated heterocycles. The molecular formula is C10H17IN2O3. The minimum absolute atomic E-state index is 0.0520. The van der Waals surface area contributed by atoms with Gasteiger partial charge in [0.1, 0.15) is 0 Å². The average molecular weight is 340 g/mol. The van der Waals surface area contributed by atoms with Gasteiger partial charge in [-0.2, -0.15) is 0 Å². The first-order chi connectivity index (χ1) is 7.61. The largest absolute Gasteiger partial charge is 0.469 e. The van der Waals surface area contributed by atoms with Crippen LogP contribution < -0.4 is 10.6 Å². The Labute approximate surface area is 109 Å². The lowest BCUT2D eigenvalue weighted by Crippen LogP contribution is -2.50. The summed E-state index contributed by atoms with van der Waals surface area (Å²) in [5, 5.41) is 6.10. The molecule has 0 bridgehead atoms. The van der Waals surface area contributed by atoms with E-state index in [2.05, 4.69) is 38.0 Å². The number of esters is 1. The van der Waals surface area contributed by atoms with Crippen LogP contribution in [0, 0.1) is 0 Å². The van der Waals surface area contributed by atoms with E-state index in [-0.39, 0.29) is 30.9 Å². The fourth-order valence-electron chi connectivity index (χ4n) is 1.53. The van der Waals surface area contributed by atoms with E-state index in [4.69, 9.17) is 0 Å². The van der Waals surface area contributed by atoms with Gasteiger partial charge in [-0.05, 0) is 12.8 Å².